The predicted molar refractivity (Wildman–Crippen MR) is 101 cm³/mol. The number of aromatic amines is 2. The van der Waals surface area contributed by atoms with Gasteiger partial charge in [-0.05, 0) is 37.5 Å². The van der Waals surface area contributed by atoms with Crippen molar-refractivity contribution < 1.29 is 4.79 Å². The molecule has 1 aliphatic rings. The van der Waals surface area contributed by atoms with Crippen LogP contribution in [0.1, 0.15) is 40.8 Å². The van der Waals surface area contributed by atoms with Crippen LogP contribution < -0.4 is 5.56 Å². The maximum atomic E-state index is 12.8. The molecule has 7 nitrogen and oxygen atoms in total. The summed E-state index contributed by atoms with van der Waals surface area (Å²) in [7, 11) is 0. The largest absolute Gasteiger partial charge is 0.338 e. The number of hydrogen-bond donors (Lipinski definition) is 2. The van der Waals surface area contributed by atoms with Crippen molar-refractivity contribution in [3.63, 3.8) is 0 Å². The summed E-state index contributed by atoms with van der Waals surface area (Å²) in [4.78, 5) is 34.2. The second-order valence-electron chi connectivity index (χ2n) is 6.83. The van der Waals surface area contributed by atoms with Gasteiger partial charge in [0.25, 0.3) is 11.5 Å². The van der Waals surface area contributed by atoms with Gasteiger partial charge >= 0.3 is 0 Å². The lowest BCUT2D eigenvalue weighted by Gasteiger charge is -2.30. The zero-order valence-corrected chi connectivity index (χ0v) is 15.1. The number of pyridine rings is 1. The van der Waals surface area contributed by atoms with Crippen molar-refractivity contribution in [1.29, 1.82) is 0 Å². The number of carbonyl (C=O) groups is 1. The number of rotatable bonds is 3. The molecule has 0 saturated carbocycles. The molecule has 7 heteroatoms. The van der Waals surface area contributed by atoms with Crippen molar-refractivity contribution in [2.75, 3.05) is 13.1 Å². The summed E-state index contributed by atoms with van der Waals surface area (Å²) in [5.74, 6) is 1.64. The van der Waals surface area contributed by atoms with Gasteiger partial charge in [-0.1, -0.05) is 30.3 Å². The Morgan fingerprint density at radius 1 is 1.11 bits per heavy atom. The topological polar surface area (TPSA) is 94.7 Å². The number of hydrogen-bond acceptors (Lipinski definition) is 4. The fourth-order valence-corrected chi connectivity index (χ4v) is 3.48. The van der Waals surface area contributed by atoms with Crippen molar-refractivity contribution in [1.82, 2.24) is 25.1 Å². The Kier molecular flexibility index (Phi) is 4.58. The molecule has 1 aromatic carbocycles. The molecular weight excluding hydrogens is 342 g/mol. The molecule has 4 rings (SSSR count). The van der Waals surface area contributed by atoms with Crippen molar-refractivity contribution in [2.24, 2.45) is 0 Å². The number of nitrogens with zero attached hydrogens (tertiary/aromatic N) is 3. The first-order valence-corrected chi connectivity index (χ1v) is 9.09. The average molecular weight is 363 g/mol. The van der Waals surface area contributed by atoms with Gasteiger partial charge in [-0.3, -0.25) is 14.7 Å². The number of benzene rings is 1. The van der Waals surface area contributed by atoms with Crippen molar-refractivity contribution in [3.05, 3.63) is 70.0 Å². The van der Waals surface area contributed by atoms with Gasteiger partial charge in [0.1, 0.15) is 11.4 Å². The Hall–Kier alpha value is -3.22. The molecule has 3 heterocycles. The zero-order valence-electron chi connectivity index (χ0n) is 15.1. The minimum Gasteiger partial charge on any atom is -0.338 e. The highest BCUT2D eigenvalue weighted by atomic mass is 16.2. The van der Waals surface area contributed by atoms with Crippen LogP contribution in [0.15, 0.2) is 47.3 Å². The average Bonchev–Trinajstić information content (AvgIpc) is 3.14. The van der Waals surface area contributed by atoms with Crippen LogP contribution >= 0.6 is 0 Å². The molecule has 0 radical (unpaired) electrons. The number of nitrogens with one attached hydrogen (secondary N) is 2. The molecule has 0 aliphatic carbocycles. The Morgan fingerprint density at radius 3 is 2.48 bits per heavy atom. The van der Waals surface area contributed by atoms with Crippen LogP contribution in [-0.2, 0) is 0 Å². The zero-order chi connectivity index (χ0) is 18.8. The Labute approximate surface area is 156 Å². The molecule has 0 bridgehead atoms. The second kappa shape index (κ2) is 7.19. The molecule has 1 fully saturated rings. The Bertz CT molecular complexity index is 1000. The van der Waals surface area contributed by atoms with Crippen molar-refractivity contribution >= 4 is 5.91 Å². The standard InChI is InChI=1S/C20H21N5O2/c1-13-21-18(24-23-13)15-9-11-25(12-10-15)20(27)16-7-8-17(22-19(16)26)14-5-3-2-4-6-14/h2-8,15H,9-12H2,1H3,(H,22,26)(H,21,23,24). The quantitative estimate of drug-likeness (QED) is 0.747. The molecule has 1 amide bonds. The number of amides is 1. The minimum atomic E-state index is -0.354. The summed E-state index contributed by atoms with van der Waals surface area (Å²) in [5, 5.41) is 7.09. The van der Waals surface area contributed by atoms with E-state index in [9.17, 15) is 9.59 Å². The summed E-state index contributed by atoms with van der Waals surface area (Å²) in [6.07, 6.45) is 1.59. The maximum Gasteiger partial charge on any atom is 0.261 e. The van der Waals surface area contributed by atoms with Crippen LogP contribution in [0.4, 0.5) is 0 Å². The maximum absolute atomic E-state index is 12.8. The lowest BCUT2D eigenvalue weighted by atomic mass is 9.95. The first kappa shape index (κ1) is 17.2. The molecule has 0 spiro atoms. The van der Waals surface area contributed by atoms with Gasteiger partial charge in [-0.15, -0.1) is 0 Å². The predicted octanol–water partition coefficient (Wildman–Crippen LogP) is 2.49. The normalized spacial score (nSPS) is 15.1. The third kappa shape index (κ3) is 3.53. The molecular formula is C20H21N5O2. The lowest BCUT2D eigenvalue weighted by molar-refractivity contribution is 0.0709. The number of aromatic nitrogens is 4. The monoisotopic (exact) mass is 363 g/mol. The second-order valence-corrected chi connectivity index (χ2v) is 6.83. The summed E-state index contributed by atoms with van der Waals surface area (Å²) >= 11 is 0. The molecule has 2 N–H and O–H groups in total. The van der Waals surface area contributed by atoms with Gasteiger partial charge < -0.3 is 9.88 Å². The van der Waals surface area contributed by atoms with E-state index >= 15 is 0 Å². The highest BCUT2D eigenvalue weighted by Gasteiger charge is 2.27. The van der Waals surface area contributed by atoms with E-state index in [0.29, 0.717) is 18.8 Å². The van der Waals surface area contributed by atoms with Crippen LogP contribution in [0.5, 0.6) is 0 Å². The molecule has 1 saturated heterocycles. The Balaban J connectivity index is 1.46. The molecule has 2 aromatic heterocycles. The molecule has 3 aromatic rings. The van der Waals surface area contributed by atoms with Crippen LogP contribution in [0.3, 0.4) is 0 Å². The number of H-pyrrole nitrogens is 2. The van der Waals surface area contributed by atoms with E-state index in [1.165, 1.54) is 0 Å². The van der Waals surface area contributed by atoms with Gasteiger partial charge in [0.05, 0.1) is 0 Å². The highest BCUT2D eigenvalue weighted by molar-refractivity contribution is 5.94. The number of aryl methyl sites for hydroxylation is 1. The fourth-order valence-electron chi connectivity index (χ4n) is 3.48. The van der Waals surface area contributed by atoms with E-state index < -0.39 is 0 Å². The smallest absolute Gasteiger partial charge is 0.261 e. The van der Waals surface area contributed by atoms with Crippen LogP contribution in [0.25, 0.3) is 11.3 Å². The summed E-state index contributed by atoms with van der Waals surface area (Å²) in [6, 6.07) is 13.0. The highest BCUT2D eigenvalue weighted by Crippen LogP contribution is 2.26. The lowest BCUT2D eigenvalue weighted by Crippen LogP contribution is -2.40. The van der Waals surface area contributed by atoms with E-state index in [1.54, 1.807) is 17.0 Å². The van der Waals surface area contributed by atoms with Crippen molar-refractivity contribution in [2.45, 2.75) is 25.7 Å². The molecule has 138 valence electrons. The van der Waals surface area contributed by atoms with E-state index in [0.717, 1.165) is 30.1 Å². The van der Waals surface area contributed by atoms with E-state index in [4.69, 9.17) is 0 Å². The summed E-state index contributed by atoms with van der Waals surface area (Å²) < 4.78 is 0. The third-order valence-corrected chi connectivity index (χ3v) is 4.99. The van der Waals surface area contributed by atoms with Crippen LogP contribution in [0.2, 0.25) is 0 Å². The molecule has 0 atom stereocenters. The summed E-state index contributed by atoms with van der Waals surface area (Å²) in [6.45, 7) is 3.06. The van der Waals surface area contributed by atoms with Crippen molar-refractivity contribution in [3.8, 4) is 11.3 Å². The van der Waals surface area contributed by atoms with E-state index in [-0.39, 0.29) is 22.9 Å². The fraction of sp³-hybridized carbons (Fsp3) is 0.300. The van der Waals surface area contributed by atoms with Crippen LogP contribution in [-0.4, -0.2) is 44.1 Å². The summed E-state index contributed by atoms with van der Waals surface area (Å²) in [5.41, 5.74) is 1.45. The number of likely N-dealkylation sites (tertiary alicyclic amines) is 1. The first-order chi connectivity index (χ1) is 13.1. The minimum absolute atomic E-state index is 0.182. The third-order valence-electron chi connectivity index (χ3n) is 4.99. The van der Waals surface area contributed by atoms with Gasteiger partial charge in [0.15, 0.2) is 5.82 Å². The van der Waals surface area contributed by atoms with Gasteiger partial charge in [0.2, 0.25) is 0 Å². The SMILES string of the molecule is Cc1nc(C2CCN(C(=O)c3ccc(-c4ccccc4)[nH]c3=O)CC2)n[nH]1. The van der Waals surface area contributed by atoms with Gasteiger partial charge in [-0.2, -0.15) is 5.10 Å². The van der Waals surface area contributed by atoms with Gasteiger partial charge in [-0.25, -0.2) is 4.98 Å². The van der Waals surface area contributed by atoms with E-state index in [1.807, 2.05) is 37.3 Å². The molecule has 1 aliphatic heterocycles. The molecule has 0 unspecified atom stereocenters. The van der Waals surface area contributed by atoms with Gasteiger partial charge in [0, 0.05) is 24.7 Å². The number of carbonyl (C=O) groups excluding carboxylic acids is 1. The first-order valence-electron chi connectivity index (χ1n) is 9.09. The van der Waals surface area contributed by atoms with E-state index in [2.05, 4.69) is 20.2 Å². The van der Waals surface area contributed by atoms with Crippen LogP contribution in [0, 0.1) is 6.92 Å². The Morgan fingerprint density at radius 2 is 1.85 bits per heavy atom. The molecule has 27 heavy (non-hydrogen) atoms. The number of piperidine rings is 1.